The van der Waals surface area contributed by atoms with Crippen molar-refractivity contribution in [2.45, 2.75) is 12.5 Å². The first-order valence-corrected chi connectivity index (χ1v) is 6.66. The monoisotopic (exact) mass is 254 g/mol. The van der Waals surface area contributed by atoms with Crippen molar-refractivity contribution in [1.82, 2.24) is 0 Å². The minimum atomic E-state index is -0.465. The summed E-state index contributed by atoms with van der Waals surface area (Å²) in [6.07, 6.45) is 0. The number of hydrogen-bond donors (Lipinski definition) is 0. The van der Waals surface area contributed by atoms with E-state index in [9.17, 15) is 0 Å². The molecule has 0 saturated carbocycles. The number of rotatable bonds is 2. The summed E-state index contributed by atoms with van der Waals surface area (Å²) < 4.78 is 11.9. The smallest absolute Gasteiger partial charge is 0.141 e. The second-order valence-corrected chi connectivity index (χ2v) is 4.96. The van der Waals surface area contributed by atoms with Gasteiger partial charge < -0.3 is 9.47 Å². The van der Waals surface area contributed by atoms with Crippen LogP contribution in [0.25, 0.3) is 0 Å². The van der Waals surface area contributed by atoms with Crippen molar-refractivity contribution in [2.75, 3.05) is 19.8 Å². The molecule has 2 aromatic rings. The zero-order valence-corrected chi connectivity index (χ0v) is 11.1. The van der Waals surface area contributed by atoms with Crippen molar-refractivity contribution in [3.8, 4) is 0 Å². The van der Waals surface area contributed by atoms with Crippen molar-refractivity contribution < 1.29 is 9.47 Å². The lowest BCUT2D eigenvalue weighted by molar-refractivity contribution is -0.140. The van der Waals surface area contributed by atoms with E-state index in [4.69, 9.17) is 9.47 Å². The summed E-state index contributed by atoms with van der Waals surface area (Å²) in [7, 11) is 0. The largest absolute Gasteiger partial charge is 0.375 e. The van der Waals surface area contributed by atoms with Gasteiger partial charge in [0.05, 0.1) is 19.8 Å². The maximum Gasteiger partial charge on any atom is 0.141 e. The maximum atomic E-state index is 6.15. The van der Waals surface area contributed by atoms with Gasteiger partial charge in [-0.2, -0.15) is 0 Å². The second kappa shape index (κ2) is 5.16. The predicted molar refractivity (Wildman–Crippen MR) is 75.2 cm³/mol. The van der Waals surface area contributed by atoms with E-state index in [-0.39, 0.29) is 0 Å². The van der Waals surface area contributed by atoms with Gasteiger partial charge in [0, 0.05) is 0 Å². The van der Waals surface area contributed by atoms with Crippen LogP contribution >= 0.6 is 0 Å². The van der Waals surface area contributed by atoms with Crippen molar-refractivity contribution in [3.63, 3.8) is 0 Å². The molecule has 0 spiro atoms. The number of ether oxygens (including phenoxy) is 2. The quantitative estimate of drug-likeness (QED) is 0.818. The molecule has 2 nitrogen and oxygen atoms in total. The molecular formula is C17H18O2. The van der Waals surface area contributed by atoms with Gasteiger partial charge in [-0.1, -0.05) is 60.2 Å². The Kier molecular flexibility index (Phi) is 3.36. The molecule has 2 aromatic carbocycles. The van der Waals surface area contributed by atoms with E-state index in [1.165, 1.54) is 5.56 Å². The van der Waals surface area contributed by atoms with Gasteiger partial charge in [0.15, 0.2) is 0 Å². The van der Waals surface area contributed by atoms with Gasteiger partial charge in [-0.05, 0) is 18.1 Å². The molecule has 1 aliphatic heterocycles. The molecule has 0 amide bonds. The Bertz CT molecular complexity index is 525. The molecule has 1 saturated heterocycles. The summed E-state index contributed by atoms with van der Waals surface area (Å²) in [5.41, 5.74) is 3.10. The van der Waals surface area contributed by atoms with Gasteiger partial charge in [-0.15, -0.1) is 0 Å². The molecule has 0 aliphatic carbocycles. The third-order valence-corrected chi connectivity index (χ3v) is 3.64. The number of hydrogen-bond acceptors (Lipinski definition) is 2. The zero-order valence-electron chi connectivity index (χ0n) is 11.1. The van der Waals surface area contributed by atoms with Crippen molar-refractivity contribution in [3.05, 3.63) is 71.3 Å². The minimum Gasteiger partial charge on any atom is -0.375 e. The fraction of sp³-hybridized carbons (Fsp3) is 0.294. The van der Waals surface area contributed by atoms with Crippen LogP contribution in [0.3, 0.4) is 0 Å². The molecule has 3 rings (SSSR count). The van der Waals surface area contributed by atoms with E-state index in [2.05, 4.69) is 43.3 Å². The van der Waals surface area contributed by atoms with Crippen LogP contribution in [0.4, 0.5) is 0 Å². The highest BCUT2D eigenvalue weighted by Crippen LogP contribution is 2.36. The van der Waals surface area contributed by atoms with Gasteiger partial charge in [-0.3, -0.25) is 0 Å². The van der Waals surface area contributed by atoms with Crippen LogP contribution in [0, 0.1) is 6.92 Å². The molecule has 0 N–H and O–H groups in total. The minimum absolute atomic E-state index is 0.465. The molecule has 1 aliphatic rings. The normalized spacial score (nSPS) is 23.2. The summed E-state index contributed by atoms with van der Waals surface area (Å²) in [5, 5.41) is 0. The van der Waals surface area contributed by atoms with Gasteiger partial charge in [-0.25, -0.2) is 0 Å². The highest BCUT2D eigenvalue weighted by atomic mass is 16.6. The number of aryl methyl sites for hydroxylation is 1. The van der Waals surface area contributed by atoms with Crippen LogP contribution in [0.2, 0.25) is 0 Å². The van der Waals surface area contributed by atoms with E-state index in [0.717, 1.165) is 11.1 Å². The summed E-state index contributed by atoms with van der Waals surface area (Å²) in [6, 6.07) is 18.8. The van der Waals surface area contributed by atoms with E-state index in [0.29, 0.717) is 19.8 Å². The average Bonchev–Trinajstić information content (AvgIpc) is 2.49. The van der Waals surface area contributed by atoms with Crippen molar-refractivity contribution >= 4 is 0 Å². The van der Waals surface area contributed by atoms with Crippen molar-refractivity contribution in [1.29, 1.82) is 0 Å². The zero-order chi connectivity index (χ0) is 13.1. The number of benzene rings is 2. The fourth-order valence-electron chi connectivity index (χ4n) is 2.56. The highest BCUT2D eigenvalue weighted by molar-refractivity contribution is 5.38. The summed E-state index contributed by atoms with van der Waals surface area (Å²) >= 11 is 0. The Morgan fingerprint density at radius 2 is 1.53 bits per heavy atom. The van der Waals surface area contributed by atoms with E-state index in [1.807, 2.05) is 18.2 Å². The first-order chi connectivity index (χ1) is 9.31. The van der Waals surface area contributed by atoms with Crippen molar-refractivity contribution in [2.24, 2.45) is 0 Å². The standard InChI is InChI=1S/C17H18O2/c1-14-7-9-16(10-8-14)17(13-18-11-12-19-17)15-5-3-2-4-6-15/h2-10H,11-13H2,1H3. The van der Waals surface area contributed by atoms with Crippen LogP contribution < -0.4 is 0 Å². The van der Waals surface area contributed by atoms with Crippen LogP contribution in [0.5, 0.6) is 0 Å². The third kappa shape index (κ3) is 2.29. The molecule has 1 unspecified atom stereocenters. The fourth-order valence-corrected chi connectivity index (χ4v) is 2.56. The van der Waals surface area contributed by atoms with E-state index < -0.39 is 5.60 Å². The first kappa shape index (κ1) is 12.4. The van der Waals surface area contributed by atoms with Gasteiger partial charge in [0.2, 0.25) is 0 Å². The first-order valence-electron chi connectivity index (χ1n) is 6.66. The third-order valence-electron chi connectivity index (χ3n) is 3.64. The molecule has 0 bridgehead atoms. The second-order valence-electron chi connectivity index (χ2n) is 4.96. The molecule has 1 atom stereocenters. The molecule has 1 heterocycles. The van der Waals surface area contributed by atoms with Gasteiger partial charge in [0.1, 0.15) is 5.60 Å². The van der Waals surface area contributed by atoms with Crippen LogP contribution in [0.15, 0.2) is 54.6 Å². The summed E-state index contributed by atoms with van der Waals surface area (Å²) in [6.45, 7) is 3.96. The Morgan fingerprint density at radius 3 is 2.16 bits per heavy atom. The lowest BCUT2D eigenvalue weighted by Crippen LogP contribution is -2.41. The molecule has 0 radical (unpaired) electrons. The highest BCUT2D eigenvalue weighted by Gasteiger charge is 2.37. The van der Waals surface area contributed by atoms with Crippen LogP contribution in [-0.2, 0) is 15.1 Å². The lowest BCUT2D eigenvalue weighted by Gasteiger charge is -2.38. The topological polar surface area (TPSA) is 18.5 Å². The molecule has 0 aromatic heterocycles. The summed E-state index contributed by atoms with van der Waals surface area (Å²) in [4.78, 5) is 0. The lowest BCUT2D eigenvalue weighted by atomic mass is 9.86. The molecule has 19 heavy (non-hydrogen) atoms. The van der Waals surface area contributed by atoms with Gasteiger partial charge in [0.25, 0.3) is 0 Å². The summed E-state index contributed by atoms with van der Waals surface area (Å²) in [5.74, 6) is 0. The Morgan fingerprint density at radius 1 is 0.842 bits per heavy atom. The van der Waals surface area contributed by atoms with E-state index in [1.54, 1.807) is 0 Å². The van der Waals surface area contributed by atoms with E-state index >= 15 is 0 Å². The van der Waals surface area contributed by atoms with Gasteiger partial charge >= 0.3 is 0 Å². The predicted octanol–water partition coefficient (Wildman–Crippen LogP) is 3.29. The molecular weight excluding hydrogens is 236 g/mol. The molecule has 98 valence electrons. The molecule has 1 fully saturated rings. The SMILES string of the molecule is Cc1ccc(C2(c3ccccc3)COCCO2)cc1. The maximum absolute atomic E-state index is 6.15. The Balaban J connectivity index is 2.09. The average molecular weight is 254 g/mol. The Hall–Kier alpha value is -1.64. The van der Waals surface area contributed by atoms with Crippen LogP contribution in [-0.4, -0.2) is 19.8 Å². The Labute approximate surface area is 114 Å². The van der Waals surface area contributed by atoms with Crippen LogP contribution in [0.1, 0.15) is 16.7 Å². The molecule has 2 heteroatoms.